The molecule has 0 aliphatic heterocycles. The lowest BCUT2D eigenvalue weighted by Gasteiger charge is -2.14. The van der Waals surface area contributed by atoms with E-state index >= 15 is 0 Å². The maximum Gasteiger partial charge on any atom is 0.144 e. The molecule has 0 aromatic heterocycles. The third-order valence-electron chi connectivity index (χ3n) is 3.66. The third kappa shape index (κ3) is 3.57. The van der Waals surface area contributed by atoms with Gasteiger partial charge in [0.05, 0.1) is 0 Å². The minimum Gasteiger partial charge on any atom is -0.299 e. The average Bonchev–Trinajstić information content (AvgIpc) is 2.39. The second-order valence-electron chi connectivity index (χ2n) is 5.51. The summed E-state index contributed by atoms with van der Waals surface area (Å²) < 4.78 is 0. The largest absolute Gasteiger partial charge is 0.299 e. The molecule has 0 saturated carbocycles. The molecule has 2 aromatic rings. The number of aryl methyl sites for hydroxylation is 2. The van der Waals surface area contributed by atoms with Gasteiger partial charge in [0.1, 0.15) is 5.78 Å². The van der Waals surface area contributed by atoms with Crippen LogP contribution in [0.2, 0.25) is 0 Å². The molecule has 0 amide bonds. The summed E-state index contributed by atoms with van der Waals surface area (Å²) in [6, 6.07) is 16.5. The summed E-state index contributed by atoms with van der Waals surface area (Å²) in [6.45, 7) is 6.24. The maximum absolute atomic E-state index is 12.6. The van der Waals surface area contributed by atoms with Gasteiger partial charge in [-0.05, 0) is 31.4 Å². The van der Waals surface area contributed by atoms with Gasteiger partial charge in [-0.3, -0.25) is 4.79 Å². The van der Waals surface area contributed by atoms with E-state index in [1.807, 2.05) is 30.3 Å². The summed E-state index contributed by atoms with van der Waals surface area (Å²) in [5, 5.41) is 0. The minimum atomic E-state index is 0.0111. The molecule has 0 N–H and O–H groups in total. The molecule has 0 radical (unpaired) electrons. The van der Waals surface area contributed by atoms with E-state index in [1.165, 1.54) is 11.1 Å². The van der Waals surface area contributed by atoms with Crippen LogP contribution in [0.15, 0.2) is 48.5 Å². The number of hydrogen-bond donors (Lipinski definition) is 0. The number of carbonyl (C=O) groups is 1. The van der Waals surface area contributed by atoms with E-state index in [1.54, 1.807) is 0 Å². The molecule has 20 heavy (non-hydrogen) atoms. The number of rotatable bonds is 5. The summed E-state index contributed by atoms with van der Waals surface area (Å²) >= 11 is 0. The van der Waals surface area contributed by atoms with Crippen molar-refractivity contribution in [1.82, 2.24) is 0 Å². The van der Waals surface area contributed by atoms with Crippen molar-refractivity contribution >= 4 is 5.78 Å². The van der Waals surface area contributed by atoms with E-state index in [2.05, 4.69) is 39.0 Å². The van der Waals surface area contributed by atoms with E-state index in [9.17, 15) is 4.79 Å². The normalized spacial score (nSPS) is 12.2. The van der Waals surface area contributed by atoms with E-state index in [0.29, 0.717) is 12.2 Å². The van der Waals surface area contributed by atoms with Crippen molar-refractivity contribution in [2.24, 2.45) is 0 Å². The fourth-order valence-corrected chi connectivity index (χ4v) is 2.83. The highest BCUT2D eigenvalue weighted by molar-refractivity contribution is 5.87. The smallest absolute Gasteiger partial charge is 0.144 e. The van der Waals surface area contributed by atoms with Gasteiger partial charge in [-0.1, -0.05) is 66.6 Å². The Hall–Kier alpha value is -1.89. The summed E-state index contributed by atoms with van der Waals surface area (Å²) in [7, 11) is 0. The van der Waals surface area contributed by atoms with Gasteiger partial charge >= 0.3 is 0 Å². The highest BCUT2D eigenvalue weighted by atomic mass is 16.1. The van der Waals surface area contributed by atoms with Crippen molar-refractivity contribution in [1.29, 1.82) is 0 Å². The second-order valence-corrected chi connectivity index (χ2v) is 5.51. The van der Waals surface area contributed by atoms with Crippen LogP contribution in [-0.4, -0.2) is 5.78 Å². The Morgan fingerprint density at radius 1 is 1.00 bits per heavy atom. The maximum atomic E-state index is 12.6. The Morgan fingerprint density at radius 3 is 2.15 bits per heavy atom. The Kier molecular flexibility index (Phi) is 4.73. The fourth-order valence-electron chi connectivity index (χ4n) is 2.83. The fraction of sp³-hybridized carbons (Fsp3) is 0.316. The number of hydrogen-bond acceptors (Lipinski definition) is 1. The SMILES string of the molecule is CCC(C(=O)Cc1cc(C)cc(C)c1)c1ccccc1. The highest BCUT2D eigenvalue weighted by Crippen LogP contribution is 2.22. The first-order valence-corrected chi connectivity index (χ1v) is 7.25. The van der Waals surface area contributed by atoms with Crippen molar-refractivity contribution in [2.45, 2.75) is 39.5 Å². The molecule has 0 saturated heterocycles. The van der Waals surface area contributed by atoms with Crippen molar-refractivity contribution in [3.05, 3.63) is 70.8 Å². The molecule has 1 atom stereocenters. The molecular formula is C19H22O. The first-order valence-electron chi connectivity index (χ1n) is 7.25. The molecule has 0 aliphatic rings. The van der Waals surface area contributed by atoms with Crippen LogP contribution < -0.4 is 0 Å². The van der Waals surface area contributed by atoms with Gasteiger partial charge in [0.15, 0.2) is 0 Å². The summed E-state index contributed by atoms with van der Waals surface area (Å²) in [4.78, 5) is 12.6. The van der Waals surface area contributed by atoms with Gasteiger partial charge < -0.3 is 0 Å². The number of ketones is 1. The zero-order chi connectivity index (χ0) is 14.5. The Labute approximate surface area is 121 Å². The van der Waals surface area contributed by atoms with Gasteiger partial charge in [-0.2, -0.15) is 0 Å². The molecular weight excluding hydrogens is 244 g/mol. The molecule has 0 spiro atoms. The lowest BCUT2D eigenvalue weighted by Crippen LogP contribution is -2.14. The molecule has 2 rings (SSSR count). The number of carbonyl (C=O) groups excluding carboxylic acids is 1. The Morgan fingerprint density at radius 2 is 1.60 bits per heavy atom. The van der Waals surface area contributed by atoms with E-state index in [4.69, 9.17) is 0 Å². The number of Topliss-reactive ketones (excluding diaryl/α,β-unsaturated/α-hetero) is 1. The quantitative estimate of drug-likeness (QED) is 0.772. The summed E-state index contributed by atoms with van der Waals surface area (Å²) in [6.07, 6.45) is 1.38. The van der Waals surface area contributed by atoms with Gasteiger partial charge in [-0.15, -0.1) is 0 Å². The summed E-state index contributed by atoms with van der Waals surface area (Å²) in [5.41, 5.74) is 4.70. The van der Waals surface area contributed by atoms with Gasteiger partial charge in [0, 0.05) is 12.3 Å². The monoisotopic (exact) mass is 266 g/mol. The molecule has 1 unspecified atom stereocenters. The lowest BCUT2D eigenvalue weighted by atomic mass is 9.88. The molecule has 104 valence electrons. The third-order valence-corrected chi connectivity index (χ3v) is 3.66. The Bertz CT molecular complexity index is 564. The van der Waals surface area contributed by atoms with Crippen molar-refractivity contribution in [2.75, 3.05) is 0 Å². The predicted octanol–water partition coefficient (Wildman–Crippen LogP) is 4.61. The van der Waals surface area contributed by atoms with Gasteiger partial charge in [0.2, 0.25) is 0 Å². The molecule has 1 heteroatoms. The second kappa shape index (κ2) is 6.51. The molecule has 0 fully saturated rings. The number of benzene rings is 2. The van der Waals surface area contributed by atoms with Crippen LogP contribution >= 0.6 is 0 Å². The minimum absolute atomic E-state index is 0.0111. The molecule has 0 heterocycles. The van der Waals surface area contributed by atoms with Crippen LogP contribution in [0.25, 0.3) is 0 Å². The lowest BCUT2D eigenvalue weighted by molar-refractivity contribution is -0.119. The average molecular weight is 266 g/mol. The van der Waals surface area contributed by atoms with Crippen LogP contribution in [0, 0.1) is 13.8 Å². The predicted molar refractivity (Wildman–Crippen MR) is 84.1 cm³/mol. The first kappa shape index (κ1) is 14.5. The van der Waals surface area contributed by atoms with Gasteiger partial charge in [-0.25, -0.2) is 0 Å². The van der Waals surface area contributed by atoms with E-state index in [0.717, 1.165) is 17.5 Å². The topological polar surface area (TPSA) is 17.1 Å². The molecule has 1 nitrogen and oxygen atoms in total. The van der Waals surface area contributed by atoms with Crippen molar-refractivity contribution in [3.63, 3.8) is 0 Å². The van der Waals surface area contributed by atoms with Crippen LogP contribution in [-0.2, 0) is 11.2 Å². The van der Waals surface area contributed by atoms with Crippen molar-refractivity contribution < 1.29 is 4.79 Å². The highest BCUT2D eigenvalue weighted by Gasteiger charge is 2.18. The molecule has 2 aromatic carbocycles. The first-order chi connectivity index (χ1) is 9.60. The standard InChI is InChI=1S/C19H22O/c1-4-18(17-8-6-5-7-9-17)19(20)13-16-11-14(2)10-15(3)12-16/h5-12,18H,4,13H2,1-3H3. The molecule has 0 bridgehead atoms. The van der Waals surface area contributed by atoms with Crippen LogP contribution in [0.3, 0.4) is 0 Å². The zero-order valence-corrected chi connectivity index (χ0v) is 12.5. The molecule has 0 aliphatic carbocycles. The Balaban J connectivity index is 2.18. The zero-order valence-electron chi connectivity index (χ0n) is 12.5. The van der Waals surface area contributed by atoms with Crippen LogP contribution in [0.4, 0.5) is 0 Å². The van der Waals surface area contributed by atoms with E-state index < -0.39 is 0 Å². The summed E-state index contributed by atoms with van der Waals surface area (Å²) in [5.74, 6) is 0.320. The van der Waals surface area contributed by atoms with Gasteiger partial charge in [0.25, 0.3) is 0 Å². The van der Waals surface area contributed by atoms with Crippen LogP contribution in [0.1, 0.15) is 41.5 Å². The van der Waals surface area contributed by atoms with E-state index in [-0.39, 0.29) is 5.92 Å². The van der Waals surface area contributed by atoms with Crippen LogP contribution in [0.5, 0.6) is 0 Å². The van der Waals surface area contributed by atoms with Crippen molar-refractivity contribution in [3.8, 4) is 0 Å².